The lowest BCUT2D eigenvalue weighted by Crippen LogP contribution is -1.88. The van der Waals surface area contributed by atoms with Gasteiger partial charge in [0.1, 0.15) is 0 Å². The Kier molecular flexibility index (Phi) is 2.49. The fourth-order valence-electron chi connectivity index (χ4n) is 3.24. The van der Waals surface area contributed by atoms with Crippen molar-refractivity contribution in [1.29, 1.82) is 0 Å². The van der Waals surface area contributed by atoms with Gasteiger partial charge in [0.2, 0.25) is 0 Å². The van der Waals surface area contributed by atoms with Gasteiger partial charge in [0, 0.05) is 16.5 Å². The second kappa shape index (κ2) is 4.34. The van der Waals surface area contributed by atoms with Crippen LogP contribution < -0.4 is 0 Å². The van der Waals surface area contributed by atoms with E-state index in [4.69, 9.17) is 0 Å². The molecule has 3 aromatic rings. The standard InChI is InChI=1S/C18H15NO/c20-11-16-15-6-1-2-7-17(15)19-18(16)14-9-8-12-4-3-5-13(12)10-14/h1-2,6-11,19H,3-5H2. The Morgan fingerprint density at radius 1 is 1.00 bits per heavy atom. The van der Waals surface area contributed by atoms with E-state index in [1.54, 1.807) is 0 Å². The first-order chi connectivity index (χ1) is 9.86. The van der Waals surface area contributed by atoms with Crippen LogP contribution in [0.3, 0.4) is 0 Å². The Balaban J connectivity index is 1.95. The third-order valence-electron chi connectivity index (χ3n) is 4.25. The minimum absolute atomic E-state index is 0.763. The van der Waals surface area contributed by atoms with Gasteiger partial charge < -0.3 is 4.98 Å². The van der Waals surface area contributed by atoms with E-state index in [2.05, 4.69) is 23.2 Å². The molecular weight excluding hydrogens is 246 g/mol. The Labute approximate surface area is 117 Å². The normalized spacial score (nSPS) is 13.6. The molecule has 0 saturated carbocycles. The van der Waals surface area contributed by atoms with Crippen LogP contribution in [0.25, 0.3) is 22.2 Å². The number of para-hydroxylation sites is 1. The minimum atomic E-state index is 0.763. The van der Waals surface area contributed by atoms with Crippen molar-refractivity contribution in [3.8, 4) is 11.3 Å². The molecule has 0 radical (unpaired) electrons. The quantitative estimate of drug-likeness (QED) is 0.691. The van der Waals surface area contributed by atoms with E-state index in [9.17, 15) is 4.79 Å². The molecule has 0 amide bonds. The summed E-state index contributed by atoms with van der Waals surface area (Å²) in [5.41, 5.74) is 6.72. The summed E-state index contributed by atoms with van der Waals surface area (Å²) in [6, 6.07) is 14.5. The smallest absolute Gasteiger partial charge is 0.152 e. The summed E-state index contributed by atoms with van der Waals surface area (Å²) >= 11 is 0. The molecule has 1 N–H and O–H groups in total. The first-order valence-electron chi connectivity index (χ1n) is 7.05. The summed E-state index contributed by atoms with van der Waals surface area (Å²) in [6.45, 7) is 0. The molecule has 1 aliphatic rings. The zero-order valence-corrected chi connectivity index (χ0v) is 11.1. The molecule has 2 heteroatoms. The number of carbonyl (C=O) groups excluding carboxylic acids is 1. The number of hydrogen-bond donors (Lipinski definition) is 1. The predicted molar refractivity (Wildman–Crippen MR) is 81.1 cm³/mol. The Morgan fingerprint density at radius 2 is 1.85 bits per heavy atom. The fourth-order valence-corrected chi connectivity index (χ4v) is 3.24. The first kappa shape index (κ1) is 11.5. The molecule has 0 spiro atoms. The molecule has 4 rings (SSSR count). The maximum Gasteiger partial charge on any atom is 0.152 e. The maximum atomic E-state index is 11.5. The monoisotopic (exact) mass is 261 g/mol. The van der Waals surface area contributed by atoms with Crippen LogP contribution in [0.15, 0.2) is 42.5 Å². The van der Waals surface area contributed by atoms with E-state index in [-0.39, 0.29) is 0 Å². The predicted octanol–water partition coefficient (Wildman–Crippen LogP) is 4.14. The number of benzene rings is 2. The highest BCUT2D eigenvalue weighted by molar-refractivity contribution is 6.04. The number of H-pyrrole nitrogens is 1. The third-order valence-corrected chi connectivity index (χ3v) is 4.25. The largest absolute Gasteiger partial charge is 0.354 e. The Hall–Kier alpha value is -2.35. The van der Waals surface area contributed by atoms with Gasteiger partial charge in [-0.15, -0.1) is 0 Å². The minimum Gasteiger partial charge on any atom is -0.354 e. The van der Waals surface area contributed by atoms with E-state index >= 15 is 0 Å². The molecule has 98 valence electrons. The SMILES string of the molecule is O=Cc1c(-c2ccc3c(c2)CCC3)[nH]c2ccccc12. The summed E-state index contributed by atoms with van der Waals surface area (Å²) in [5, 5.41) is 0.998. The molecule has 0 fully saturated rings. The average Bonchev–Trinajstić information content (AvgIpc) is 3.10. The number of carbonyl (C=O) groups is 1. The van der Waals surface area contributed by atoms with E-state index in [0.29, 0.717) is 0 Å². The topological polar surface area (TPSA) is 32.9 Å². The second-order valence-corrected chi connectivity index (χ2v) is 5.41. The summed E-state index contributed by atoms with van der Waals surface area (Å²) in [5.74, 6) is 0. The molecule has 2 aromatic carbocycles. The van der Waals surface area contributed by atoms with Crippen LogP contribution in [0.1, 0.15) is 27.9 Å². The van der Waals surface area contributed by atoms with Crippen molar-refractivity contribution in [2.75, 3.05) is 0 Å². The number of fused-ring (bicyclic) bond motifs is 2. The zero-order chi connectivity index (χ0) is 13.5. The molecule has 0 saturated heterocycles. The van der Waals surface area contributed by atoms with Gasteiger partial charge >= 0.3 is 0 Å². The van der Waals surface area contributed by atoms with Crippen molar-refractivity contribution in [2.45, 2.75) is 19.3 Å². The van der Waals surface area contributed by atoms with Crippen molar-refractivity contribution < 1.29 is 4.79 Å². The summed E-state index contributed by atoms with van der Waals surface area (Å²) in [6.07, 6.45) is 4.54. The molecule has 0 unspecified atom stereocenters. The van der Waals surface area contributed by atoms with Gasteiger partial charge in [-0.3, -0.25) is 4.79 Å². The molecule has 0 aliphatic heterocycles. The number of aldehydes is 1. The molecule has 2 nitrogen and oxygen atoms in total. The van der Waals surface area contributed by atoms with Gasteiger partial charge in [-0.25, -0.2) is 0 Å². The van der Waals surface area contributed by atoms with Crippen molar-refractivity contribution in [2.24, 2.45) is 0 Å². The number of hydrogen-bond acceptors (Lipinski definition) is 1. The number of rotatable bonds is 2. The average molecular weight is 261 g/mol. The van der Waals surface area contributed by atoms with Crippen LogP contribution in [-0.2, 0) is 12.8 Å². The van der Waals surface area contributed by atoms with E-state index in [1.165, 1.54) is 24.0 Å². The van der Waals surface area contributed by atoms with Crippen LogP contribution in [0.2, 0.25) is 0 Å². The molecule has 0 atom stereocenters. The lowest BCUT2D eigenvalue weighted by atomic mass is 10.0. The van der Waals surface area contributed by atoms with Gasteiger partial charge in [-0.05, 0) is 48.1 Å². The molecule has 20 heavy (non-hydrogen) atoms. The van der Waals surface area contributed by atoms with Crippen molar-refractivity contribution in [3.05, 3.63) is 59.2 Å². The summed E-state index contributed by atoms with van der Waals surface area (Å²) in [7, 11) is 0. The van der Waals surface area contributed by atoms with Crippen LogP contribution >= 0.6 is 0 Å². The van der Waals surface area contributed by atoms with Crippen LogP contribution in [-0.4, -0.2) is 11.3 Å². The van der Waals surface area contributed by atoms with Crippen molar-refractivity contribution in [3.63, 3.8) is 0 Å². The van der Waals surface area contributed by atoms with Crippen molar-refractivity contribution in [1.82, 2.24) is 4.98 Å². The van der Waals surface area contributed by atoms with Crippen LogP contribution in [0.4, 0.5) is 0 Å². The summed E-state index contributed by atoms with van der Waals surface area (Å²) < 4.78 is 0. The van der Waals surface area contributed by atoms with Gasteiger partial charge in [0.05, 0.1) is 5.69 Å². The van der Waals surface area contributed by atoms with E-state index < -0.39 is 0 Å². The Morgan fingerprint density at radius 3 is 2.75 bits per heavy atom. The number of aryl methyl sites for hydroxylation is 2. The third kappa shape index (κ3) is 1.61. The van der Waals surface area contributed by atoms with Gasteiger partial charge in [0.15, 0.2) is 6.29 Å². The van der Waals surface area contributed by atoms with Gasteiger partial charge in [-0.2, -0.15) is 0 Å². The maximum absolute atomic E-state index is 11.5. The highest BCUT2D eigenvalue weighted by Crippen LogP contribution is 2.32. The first-order valence-corrected chi connectivity index (χ1v) is 7.05. The number of aromatic amines is 1. The molecular formula is C18H15NO. The van der Waals surface area contributed by atoms with E-state index in [0.717, 1.165) is 40.4 Å². The van der Waals surface area contributed by atoms with Gasteiger partial charge in [0.25, 0.3) is 0 Å². The highest BCUT2D eigenvalue weighted by atomic mass is 16.1. The highest BCUT2D eigenvalue weighted by Gasteiger charge is 2.15. The number of aromatic nitrogens is 1. The molecule has 1 heterocycles. The Bertz CT molecular complexity index is 813. The molecule has 1 aromatic heterocycles. The summed E-state index contributed by atoms with van der Waals surface area (Å²) in [4.78, 5) is 14.9. The molecule has 1 aliphatic carbocycles. The second-order valence-electron chi connectivity index (χ2n) is 5.41. The lowest BCUT2D eigenvalue weighted by molar-refractivity contribution is 0.112. The fraction of sp³-hybridized carbons (Fsp3) is 0.167. The van der Waals surface area contributed by atoms with Crippen molar-refractivity contribution >= 4 is 17.2 Å². The van der Waals surface area contributed by atoms with E-state index in [1.807, 2.05) is 24.3 Å². The van der Waals surface area contributed by atoms with Gasteiger partial charge in [-0.1, -0.05) is 30.3 Å². The lowest BCUT2D eigenvalue weighted by Gasteiger charge is -2.04. The van der Waals surface area contributed by atoms with Crippen LogP contribution in [0.5, 0.6) is 0 Å². The van der Waals surface area contributed by atoms with Crippen LogP contribution in [0, 0.1) is 0 Å². The molecule has 0 bridgehead atoms. The zero-order valence-electron chi connectivity index (χ0n) is 11.1. The number of nitrogens with one attached hydrogen (secondary N) is 1.